The van der Waals surface area contributed by atoms with Crippen LogP contribution in [0.5, 0.6) is 5.75 Å². The Hall–Kier alpha value is -1.10. The SMILES string of the molecule is COc1ccc(COC2CC[C@@]3(C)CCC4C(C5OC(C)(C)OC5C5CCCC[C@@]54C)C23)cc1. The van der Waals surface area contributed by atoms with Crippen molar-refractivity contribution in [3.63, 3.8) is 0 Å². The number of benzene rings is 1. The molecule has 4 saturated carbocycles. The van der Waals surface area contributed by atoms with Crippen LogP contribution in [0.3, 0.4) is 0 Å². The highest BCUT2D eigenvalue weighted by Gasteiger charge is 2.68. The fourth-order valence-electron chi connectivity index (χ4n) is 9.33. The molecule has 5 aliphatic rings. The minimum absolute atomic E-state index is 0.214. The zero-order valence-corrected chi connectivity index (χ0v) is 21.8. The Morgan fingerprint density at radius 2 is 1.59 bits per heavy atom. The fraction of sp³-hybridized carbons (Fsp3) is 0.800. The lowest BCUT2D eigenvalue weighted by Gasteiger charge is -2.62. The van der Waals surface area contributed by atoms with E-state index in [0.29, 0.717) is 41.3 Å². The van der Waals surface area contributed by atoms with Crippen molar-refractivity contribution in [1.29, 1.82) is 0 Å². The summed E-state index contributed by atoms with van der Waals surface area (Å²) >= 11 is 0. The van der Waals surface area contributed by atoms with Gasteiger partial charge in [-0.05, 0) is 105 Å². The zero-order valence-electron chi connectivity index (χ0n) is 21.8. The molecule has 4 aliphatic carbocycles. The molecule has 188 valence electrons. The van der Waals surface area contributed by atoms with E-state index < -0.39 is 5.79 Å². The summed E-state index contributed by atoms with van der Waals surface area (Å²) in [5.74, 6) is 2.87. The highest BCUT2D eigenvalue weighted by Crippen LogP contribution is 2.68. The molecule has 0 radical (unpaired) electrons. The summed E-state index contributed by atoms with van der Waals surface area (Å²) < 4.78 is 25.7. The lowest BCUT2D eigenvalue weighted by atomic mass is 9.44. The Kier molecular flexibility index (Phi) is 5.63. The average molecular weight is 469 g/mol. The van der Waals surface area contributed by atoms with E-state index in [0.717, 1.165) is 11.7 Å². The van der Waals surface area contributed by atoms with Gasteiger partial charge in [0.15, 0.2) is 5.79 Å². The molecule has 1 aromatic rings. The maximum absolute atomic E-state index is 6.81. The summed E-state index contributed by atoms with van der Waals surface area (Å²) in [5, 5.41) is 0. The van der Waals surface area contributed by atoms with Gasteiger partial charge in [-0.1, -0.05) is 38.8 Å². The van der Waals surface area contributed by atoms with Crippen molar-refractivity contribution in [2.24, 2.45) is 34.5 Å². The van der Waals surface area contributed by atoms with Crippen LogP contribution in [0.1, 0.15) is 84.6 Å². The molecule has 1 aliphatic heterocycles. The predicted octanol–water partition coefficient (Wildman–Crippen LogP) is 6.75. The summed E-state index contributed by atoms with van der Waals surface area (Å²) in [5.41, 5.74) is 1.95. The third-order valence-corrected chi connectivity index (χ3v) is 10.8. The first-order valence-corrected chi connectivity index (χ1v) is 13.8. The maximum Gasteiger partial charge on any atom is 0.163 e. The number of rotatable bonds is 4. The molecule has 0 bridgehead atoms. The fourth-order valence-corrected chi connectivity index (χ4v) is 9.33. The van der Waals surface area contributed by atoms with Gasteiger partial charge in [0.1, 0.15) is 5.75 Å². The van der Waals surface area contributed by atoms with Crippen LogP contribution in [0.4, 0.5) is 0 Å². The Morgan fingerprint density at radius 1 is 0.853 bits per heavy atom. The molecule has 4 heteroatoms. The quantitative estimate of drug-likeness (QED) is 0.490. The summed E-state index contributed by atoms with van der Waals surface area (Å²) in [6.45, 7) is 10.1. The van der Waals surface area contributed by atoms with Gasteiger partial charge in [0, 0.05) is 0 Å². The molecular formula is C30H44O4. The first-order valence-electron chi connectivity index (χ1n) is 13.8. The third-order valence-electron chi connectivity index (χ3n) is 10.8. The van der Waals surface area contributed by atoms with E-state index >= 15 is 0 Å². The van der Waals surface area contributed by atoms with Crippen LogP contribution in [0, 0.1) is 34.5 Å². The molecule has 1 aromatic carbocycles. The highest BCUT2D eigenvalue weighted by molar-refractivity contribution is 5.26. The van der Waals surface area contributed by atoms with Crippen molar-refractivity contribution in [3.05, 3.63) is 29.8 Å². The molecule has 0 aromatic heterocycles. The van der Waals surface area contributed by atoms with Gasteiger partial charge in [0.05, 0.1) is 32.0 Å². The largest absolute Gasteiger partial charge is 0.497 e. The smallest absolute Gasteiger partial charge is 0.163 e. The van der Waals surface area contributed by atoms with Crippen LogP contribution in [-0.4, -0.2) is 31.2 Å². The lowest BCUT2D eigenvalue weighted by molar-refractivity contribution is -0.193. The summed E-state index contributed by atoms with van der Waals surface area (Å²) in [4.78, 5) is 0. The molecule has 9 atom stereocenters. The van der Waals surface area contributed by atoms with Gasteiger partial charge in [-0.3, -0.25) is 0 Å². The minimum Gasteiger partial charge on any atom is -0.497 e. The molecule has 1 saturated heterocycles. The first-order chi connectivity index (χ1) is 16.2. The molecule has 0 N–H and O–H groups in total. The molecule has 7 unspecified atom stereocenters. The Bertz CT molecular complexity index is 896. The van der Waals surface area contributed by atoms with E-state index in [2.05, 4.69) is 39.8 Å². The second-order valence-electron chi connectivity index (χ2n) is 13.1. The van der Waals surface area contributed by atoms with Crippen molar-refractivity contribution in [3.8, 4) is 5.75 Å². The van der Waals surface area contributed by atoms with Crippen LogP contribution in [0.2, 0.25) is 0 Å². The minimum atomic E-state index is -0.478. The van der Waals surface area contributed by atoms with Crippen molar-refractivity contribution in [2.75, 3.05) is 7.11 Å². The molecule has 4 nitrogen and oxygen atoms in total. The highest BCUT2D eigenvalue weighted by atomic mass is 16.8. The molecule has 34 heavy (non-hydrogen) atoms. The van der Waals surface area contributed by atoms with E-state index in [4.69, 9.17) is 18.9 Å². The van der Waals surface area contributed by atoms with E-state index in [1.54, 1.807) is 7.11 Å². The Balaban J connectivity index is 1.31. The van der Waals surface area contributed by atoms with Crippen LogP contribution in [0.15, 0.2) is 24.3 Å². The number of fused-ring (bicyclic) bond motifs is 8. The predicted molar refractivity (Wildman–Crippen MR) is 133 cm³/mol. The second-order valence-corrected chi connectivity index (χ2v) is 13.1. The van der Waals surface area contributed by atoms with Gasteiger partial charge in [-0.15, -0.1) is 0 Å². The van der Waals surface area contributed by atoms with E-state index in [9.17, 15) is 0 Å². The van der Waals surface area contributed by atoms with E-state index in [1.165, 1.54) is 56.9 Å². The number of ether oxygens (including phenoxy) is 4. The van der Waals surface area contributed by atoms with Crippen molar-refractivity contribution in [2.45, 2.75) is 110 Å². The second kappa shape index (κ2) is 8.21. The maximum atomic E-state index is 6.81. The Labute approximate surface area is 206 Å². The van der Waals surface area contributed by atoms with Gasteiger partial charge in [-0.25, -0.2) is 0 Å². The standard InChI is InChI=1S/C30H44O4/c1-28(2)33-26-22-8-6-7-15-30(22,4)21-13-16-29(3)17-14-23(25(29)24(21)27(26)34-28)32-18-19-9-11-20(31-5)12-10-19/h9-12,21-27H,6-8,13-18H2,1-5H3/t21?,22?,23?,24?,25?,26?,27?,29-,30-/m1/s1. The summed E-state index contributed by atoms with van der Waals surface area (Å²) in [7, 11) is 1.72. The number of hydrogen-bond donors (Lipinski definition) is 0. The van der Waals surface area contributed by atoms with Crippen molar-refractivity contribution in [1.82, 2.24) is 0 Å². The van der Waals surface area contributed by atoms with Gasteiger partial charge in [-0.2, -0.15) is 0 Å². The van der Waals surface area contributed by atoms with Crippen molar-refractivity contribution < 1.29 is 18.9 Å². The Morgan fingerprint density at radius 3 is 2.35 bits per heavy atom. The van der Waals surface area contributed by atoms with E-state index in [-0.39, 0.29) is 12.2 Å². The third kappa shape index (κ3) is 3.58. The molecule has 0 amide bonds. The molecule has 1 heterocycles. The molecule has 5 fully saturated rings. The van der Waals surface area contributed by atoms with Crippen molar-refractivity contribution >= 4 is 0 Å². The molecule has 0 spiro atoms. The topological polar surface area (TPSA) is 36.9 Å². The van der Waals surface area contributed by atoms with Gasteiger partial charge < -0.3 is 18.9 Å². The molecule has 6 rings (SSSR count). The summed E-state index contributed by atoms with van der Waals surface area (Å²) in [6, 6.07) is 8.35. The number of methoxy groups -OCH3 is 1. The van der Waals surface area contributed by atoms with Gasteiger partial charge in [0.2, 0.25) is 0 Å². The van der Waals surface area contributed by atoms with E-state index in [1.807, 2.05) is 12.1 Å². The van der Waals surface area contributed by atoms with Crippen LogP contribution in [-0.2, 0) is 20.8 Å². The monoisotopic (exact) mass is 468 g/mol. The molecular weight excluding hydrogens is 424 g/mol. The lowest BCUT2D eigenvalue weighted by Crippen LogP contribution is -2.63. The summed E-state index contributed by atoms with van der Waals surface area (Å²) in [6.07, 6.45) is 11.3. The van der Waals surface area contributed by atoms with Crippen LogP contribution < -0.4 is 4.74 Å². The average Bonchev–Trinajstić information content (AvgIpc) is 3.33. The van der Waals surface area contributed by atoms with Gasteiger partial charge >= 0.3 is 0 Å². The number of hydrogen-bond acceptors (Lipinski definition) is 4. The van der Waals surface area contributed by atoms with Crippen LogP contribution >= 0.6 is 0 Å². The first kappa shape index (κ1) is 23.3. The normalized spacial score (nSPS) is 46.8. The van der Waals surface area contributed by atoms with Crippen LogP contribution in [0.25, 0.3) is 0 Å². The van der Waals surface area contributed by atoms with Gasteiger partial charge in [0.25, 0.3) is 0 Å². The zero-order chi connectivity index (χ0) is 23.7.